The van der Waals surface area contributed by atoms with Crippen molar-refractivity contribution in [3.63, 3.8) is 0 Å². The van der Waals surface area contributed by atoms with Gasteiger partial charge in [-0.3, -0.25) is 4.79 Å². The van der Waals surface area contributed by atoms with Gasteiger partial charge in [-0.05, 0) is 45.0 Å². The van der Waals surface area contributed by atoms with Crippen LogP contribution in [-0.4, -0.2) is 29.7 Å². The summed E-state index contributed by atoms with van der Waals surface area (Å²) in [7, 11) is 0. The van der Waals surface area contributed by atoms with E-state index in [1.165, 1.54) is 11.8 Å². The number of aryl methyl sites for hydroxylation is 1. The molecular formula is C20H23NO3S. The van der Waals surface area contributed by atoms with E-state index in [9.17, 15) is 4.79 Å². The number of hydrogen-bond donors (Lipinski definition) is 1. The lowest BCUT2D eigenvalue weighted by Gasteiger charge is -2.22. The maximum Gasteiger partial charge on any atom is 0.243 e. The van der Waals surface area contributed by atoms with Crippen molar-refractivity contribution in [1.29, 1.82) is 0 Å². The molecule has 2 aromatic rings. The quantitative estimate of drug-likeness (QED) is 0.813. The Bertz CT molecular complexity index is 695. The van der Waals surface area contributed by atoms with E-state index in [4.69, 9.17) is 9.47 Å². The Hall–Kier alpha value is -1.82. The van der Waals surface area contributed by atoms with Crippen LogP contribution in [0.25, 0.3) is 0 Å². The number of thioether (sulfide) groups is 1. The number of ether oxygens (including phenoxy) is 2. The molecule has 0 radical (unpaired) electrons. The molecule has 1 fully saturated rings. The number of benzene rings is 2. The minimum absolute atomic E-state index is 0.0314. The predicted molar refractivity (Wildman–Crippen MR) is 101 cm³/mol. The van der Waals surface area contributed by atoms with E-state index in [2.05, 4.69) is 5.32 Å². The first-order chi connectivity index (χ1) is 12.0. The maximum absolute atomic E-state index is 12.9. The summed E-state index contributed by atoms with van der Waals surface area (Å²) in [5.74, 6) is -0.121. The van der Waals surface area contributed by atoms with Gasteiger partial charge in [0.2, 0.25) is 5.91 Å². The number of amides is 1. The van der Waals surface area contributed by atoms with Gasteiger partial charge in [0.15, 0.2) is 6.29 Å². The molecule has 1 aliphatic heterocycles. The normalized spacial score (nSPS) is 21.9. The average Bonchev–Trinajstić information content (AvgIpc) is 2.94. The van der Waals surface area contributed by atoms with Crippen LogP contribution in [-0.2, 0) is 14.3 Å². The summed E-state index contributed by atoms with van der Waals surface area (Å²) in [5, 5.41) is 2.49. The summed E-state index contributed by atoms with van der Waals surface area (Å²) in [5.41, 5.74) is 1.92. The second-order valence-corrected chi connectivity index (χ2v) is 7.47. The minimum atomic E-state index is -0.569. The van der Waals surface area contributed by atoms with Crippen LogP contribution in [0, 0.1) is 6.92 Å². The fraction of sp³-hybridized carbons (Fsp3) is 0.350. The fourth-order valence-corrected chi connectivity index (χ4v) is 3.56. The van der Waals surface area contributed by atoms with Crippen LogP contribution in [0.5, 0.6) is 0 Å². The molecule has 0 saturated carbocycles. The van der Waals surface area contributed by atoms with Crippen molar-refractivity contribution >= 4 is 23.4 Å². The zero-order valence-corrected chi connectivity index (χ0v) is 15.5. The zero-order chi connectivity index (χ0) is 17.8. The first-order valence-electron chi connectivity index (χ1n) is 8.43. The van der Waals surface area contributed by atoms with Gasteiger partial charge in [0.25, 0.3) is 0 Å². The molecule has 3 rings (SSSR count). The zero-order valence-electron chi connectivity index (χ0n) is 14.6. The van der Waals surface area contributed by atoms with E-state index in [0.29, 0.717) is 0 Å². The van der Waals surface area contributed by atoms with E-state index in [0.717, 1.165) is 16.1 Å². The lowest BCUT2D eigenvalue weighted by molar-refractivity contribution is -0.125. The van der Waals surface area contributed by atoms with Crippen LogP contribution in [0.2, 0.25) is 0 Å². The molecule has 132 valence electrons. The van der Waals surface area contributed by atoms with Crippen molar-refractivity contribution in [1.82, 2.24) is 0 Å². The third-order valence-electron chi connectivity index (χ3n) is 4.19. The van der Waals surface area contributed by atoms with Gasteiger partial charge in [0.1, 0.15) is 5.25 Å². The molecule has 0 bridgehead atoms. The van der Waals surface area contributed by atoms with Crippen LogP contribution in [0.1, 0.15) is 19.4 Å². The highest BCUT2D eigenvalue weighted by Gasteiger charge is 2.39. The lowest BCUT2D eigenvalue weighted by Crippen LogP contribution is -2.36. The van der Waals surface area contributed by atoms with Crippen molar-refractivity contribution in [3.8, 4) is 0 Å². The second-order valence-electron chi connectivity index (χ2n) is 6.26. The van der Waals surface area contributed by atoms with Crippen molar-refractivity contribution in [2.24, 2.45) is 0 Å². The van der Waals surface area contributed by atoms with E-state index < -0.39 is 11.5 Å². The molecule has 1 N–H and O–H groups in total. The van der Waals surface area contributed by atoms with E-state index in [1.54, 1.807) is 0 Å². The summed E-state index contributed by atoms with van der Waals surface area (Å²) < 4.78 is 11.8. The van der Waals surface area contributed by atoms with Crippen molar-refractivity contribution in [3.05, 3.63) is 60.2 Å². The number of hydrogen-bond acceptors (Lipinski definition) is 4. The van der Waals surface area contributed by atoms with Crippen molar-refractivity contribution in [2.45, 2.75) is 49.4 Å². The SMILES string of the molecule is Cc1ccc(NC(=O)C(Sc2ccccc2)C2O[C@@H](C)[C@H](C)O2)cc1. The summed E-state index contributed by atoms with van der Waals surface area (Å²) in [6, 6.07) is 17.6. The highest BCUT2D eigenvalue weighted by atomic mass is 32.2. The molecule has 0 aliphatic carbocycles. The Labute approximate surface area is 152 Å². The Morgan fingerprint density at radius 3 is 2.20 bits per heavy atom. The number of carbonyl (C=O) groups is 1. The van der Waals surface area contributed by atoms with Crippen LogP contribution in [0.4, 0.5) is 5.69 Å². The van der Waals surface area contributed by atoms with E-state index in [1.807, 2.05) is 75.4 Å². The van der Waals surface area contributed by atoms with Crippen LogP contribution >= 0.6 is 11.8 Å². The predicted octanol–water partition coefficient (Wildman–Crippen LogP) is 4.24. The van der Waals surface area contributed by atoms with Crippen LogP contribution in [0.3, 0.4) is 0 Å². The van der Waals surface area contributed by atoms with Crippen molar-refractivity contribution in [2.75, 3.05) is 5.32 Å². The van der Waals surface area contributed by atoms with Gasteiger partial charge in [-0.25, -0.2) is 0 Å². The Morgan fingerprint density at radius 1 is 1.00 bits per heavy atom. The highest BCUT2D eigenvalue weighted by molar-refractivity contribution is 8.00. The average molecular weight is 357 g/mol. The van der Waals surface area contributed by atoms with Crippen LogP contribution < -0.4 is 5.32 Å². The van der Waals surface area contributed by atoms with Gasteiger partial charge >= 0.3 is 0 Å². The molecule has 1 amide bonds. The molecule has 4 nitrogen and oxygen atoms in total. The first-order valence-corrected chi connectivity index (χ1v) is 9.31. The van der Waals surface area contributed by atoms with Crippen molar-refractivity contribution < 1.29 is 14.3 Å². The molecular weight excluding hydrogens is 334 g/mol. The Balaban J connectivity index is 1.77. The summed E-state index contributed by atoms with van der Waals surface area (Å²) >= 11 is 1.46. The lowest BCUT2D eigenvalue weighted by atomic mass is 10.2. The van der Waals surface area contributed by atoms with Gasteiger partial charge in [-0.1, -0.05) is 35.9 Å². The van der Waals surface area contributed by atoms with E-state index >= 15 is 0 Å². The third kappa shape index (κ3) is 4.63. The maximum atomic E-state index is 12.9. The number of nitrogens with one attached hydrogen (secondary N) is 1. The molecule has 1 aliphatic rings. The number of carbonyl (C=O) groups excluding carboxylic acids is 1. The van der Waals surface area contributed by atoms with E-state index in [-0.39, 0.29) is 18.1 Å². The van der Waals surface area contributed by atoms with Gasteiger partial charge in [-0.15, -0.1) is 11.8 Å². The van der Waals surface area contributed by atoms with Gasteiger partial charge < -0.3 is 14.8 Å². The van der Waals surface area contributed by atoms with Gasteiger partial charge in [-0.2, -0.15) is 0 Å². The molecule has 5 heteroatoms. The fourth-order valence-electron chi connectivity index (χ4n) is 2.55. The first kappa shape index (κ1) is 18.0. The Kier molecular flexibility index (Phi) is 5.78. The number of anilines is 1. The standard InChI is InChI=1S/C20H23NO3S/c1-13-9-11-16(12-10-13)21-19(22)18(20-23-14(2)15(3)24-20)25-17-7-5-4-6-8-17/h4-12,14-15,18,20H,1-3H3,(H,21,22)/t14-,15-,18?/m0/s1. The van der Waals surface area contributed by atoms with Gasteiger partial charge in [0, 0.05) is 10.6 Å². The topological polar surface area (TPSA) is 47.6 Å². The summed E-state index contributed by atoms with van der Waals surface area (Å²) in [6.45, 7) is 5.95. The summed E-state index contributed by atoms with van der Waals surface area (Å²) in [6.07, 6.45) is -0.632. The molecule has 0 spiro atoms. The largest absolute Gasteiger partial charge is 0.345 e. The molecule has 25 heavy (non-hydrogen) atoms. The molecule has 0 aromatic heterocycles. The highest BCUT2D eigenvalue weighted by Crippen LogP contribution is 2.32. The van der Waals surface area contributed by atoms with Crippen LogP contribution in [0.15, 0.2) is 59.5 Å². The monoisotopic (exact) mass is 357 g/mol. The molecule has 1 unspecified atom stereocenters. The summed E-state index contributed by atoms with van der Waals surface area (Å²) in [4.78, 5) is 13.9. The Morgan fingerprint density at radius 2 is 1.60 bits per heavy atom. The molecule has 1 heterocycles. The molecule has 3 atom stereocenters. The number of rotatable bonds is 5. The smallest absolute Gasteiger partial charge is 0.243 e. The third-order valence-corrected chi connectivity index (χ3v) is 5.42. The molecule has 2 aromatic carbocycles. The van der Waals surface area contributed by atoms with Gasteiger partial charge in [0.05, 0.1) is 12.2 Å². The minimum Gasteiger partial charge on any atom is -0.345 e. The second kappa shape index (κ2) is 8.04. The molecule has 1 saturated heterocycles.